The van der Waals surface area contributed by atoms with Crippen LogP contribution in [0.15, 0.2) is 43.0 Å². The molecule has 1 aromatic carbocycles. The number of H-pyrrole nitrogens is 1. The Morgan fingerprint density at radius 3 is 3.00 bits per heavy atom. The van der Waals surface area contributed by atoms with Crippen LogP contribution in [0.2, 0.25) is 0 Å². The van der Waals surface area contributed by atoms with Gasteiger partial charge in [-0.1, -0.05) is 12.1 Å². The molecule has 0 saturated heterocycles. The van der Waals surface area contributed by atoms with Crippen LogP contribution in [0.25, 0.3) is 16.5 Å². The maximum absolute atomic E-state index is 5.15. The summed E-state index contributed by atoms with van der Waals surface area (Å²) in [7, 11) is 0. The first kappa shape index (κ1) is 9.23. The highest BCUT2D eigenvalue weighted by Gasteiger charge is 2.03. The van der Waals surface area contributed by atoms with Crippen LogP contribution in [0.5, 0.6) is 0 Å². The summed E-state index contributed by atoms with van der Waals surface area (Å²) in [5.41, 5.74) is 0.990. The standard InChI is InChI=1S/C11H8N4S/c16-11-14-13-7-15(11)10-3-1-2-8-4-5-12-6-9(8)10/h1-7H,(H,14,16). The van der Waals surface area contributed by atoms with Crippen LogP contribution in [-0.2, 0) is 0 Å². The highest BCUT2D eigenvalue weighted by molar-refractivity contribution is 7.71. The average molecular weight is 228 g/mol. The summed E-state index contributed by atoms with van der Waals surface area (Å²) in [6.45, 7) is 0. The van der Waals surface area contributed by atoms with Crippen molar-refractivity contribution in [2.24, 2.45) is 0 Å². The molecule has 0 aliphatic rings. The Labute approximate surface area is 96.6 Å². The van der Waals surface area contributed by atoms with E-state index in [1.807, 2.05) is 35.0 Å². The molecule has 78 valence electrons. The molecule has 0 saturated carbocycles. The van der Waals surface area contributed by atoms with Crippen molar-refractivity contribution in [1.29, 1.82) is 0 Å². The monoisotopic (exact) mass is 228 g/mol. The maximum atomic E-state index is 5.15. The van der Waals surface area contributed by atoms with Crippen molar-refractivity contribution in [2.75, 3.05) is 0 Å². The van der Waals surface area contributed by atoms with Gasteiger partial charge in [-0.3, -0.25) is 14.6 Å². The van der Waals surface area contributed by atoms with E-state index in [1.165, 1.54) is 0 Å². The Hall–Kier alpha value is -2.01. The summed E-state index contributed by atoms with van der Waals surface area (Å²) >= 11 is 5.15. The number of benzene rings is 1. The number of aromatic amines is 1. The predicted molar refractivity (Wildman–Crippen MR) is 64.0 cm³/mol. The fraction of sp³-hybridized carbons (Fsp3) is 0. The van der Waals surface area contributed by atoms with Gasteiger partial charge in [-0.15, -0.1) is 0 Å². The quantitative estimate of drug-likeness (QED) is 0.651. The summed E-state index contributed by atoms with van der Waals surface area (Å²) in [5.74, 6) is 0. The number of hydrogen-bond acceptors (Lipinski definition) is 3. The smallest absolute Gasteiger partial charge is 0.199 e. The molecule has 0 aliphatic carbocycles. The van der Waals surface area contributed by atoms with E-state index in [2.05, 4.69) is 15.2 Å². The zero-order valence-corrected chi connectivity index (χ0v) is 9.11. The van der Waals surface area contributed by atoms with Crippen LogP contribution in [-0.4, -0.2) is 19.7 Å². The maximum Gasteiger partial charge on any atom is 0.199 e. The predicted octanol–water partition coefficient (Wildman–Crippen LogP) is 2.48. The molecular formula is C11H8N4S. The van der Waals surface area contributed by atoms with Crippen LogP contribution >= 0.6 is 12.2 Å². The van der Waals surface area contributed by atoms with E-state index in [1.54, 1.807) is 12.5 Å². The van der Waals surface area contributed by atoms with Gasteiger partial charge in [0.25, 0.3) is 0 Å². The second kappa shape index (κ2) is 3.53. The number of fused-ring (bicyclic) bond motifs is 1. The largest absolute Gasteiger partial charge is 0.274 e. The molecule has 1 N–H and O–H groups in total. The zero-order valence-electron chi connectivity index (χ0n) is 8.29. The van der Waals surface area contributed by atoms with Crippen LogP contribution in [0.1, 0.15) is 0 Å². The Kier molecular flexibility index (Phi) is 2.04. The van der Waals surface area contributed by atoms with Crippen molar-refractivity contribution in [3.8, 4) is 5.69 Å². The lowest BCUT2D eigenvalue weighted by Crippen LogP contribution is -1.93. The van der Waals surface area contributed by atoms with Gasteiger partial charge in [0, 0.05) is 17.8 Å². The molecule has 2 aromatic heterocycles. The molecule has 16 heavy (non-hydrogen) atoms. The average Bonchev–Trinajstić information content (AvgIpc) is 2.75. The molecule has 4 nitrogen and oxygen atoms in total. The Bertz CT molecular complexity index is 693. The van der Waals surface area contributed by atoms with Gasteiger partial charge in [0.05, 0.1) is 5.69 Å². The third-order valence-corrected chi connectivity index (χ3v) is 2.76. The van der Waals surface area contributed by atoms with Crippen LogP contribution < -0.4 is 0 Å². The van der Waals surface area contributed by atoms with Crippen molar-refractivity contribution in [3.63, 3.8) is 0 Å². The molecule has 0 fully saturated rings. The highest BCUT2D eigenvalue weighted by Crippen LogP contribution is 2.20. The fourth-order valence-electron chi connectivity index (χ4n) is 1.73. The lowest BCUT2D eigenvalue weighted by Gasteiger charge is -2.05. The third kappa shape index (κ3) is 1.33. The van der Waals surface area contributed by atoms with E-state index in [0.717, 1.165) is 16.5 Å². The molecular weight excluding hydrogens is 220 g/mol. The first-order valence-corrected chi connectivity index (χ1v) is 5.22. The molecule has 0 radical (unpaired) electrons. The number of nitrogens with zero attached hydrogens (tertiary/aromatic N) is 3. The normalized spacial score (nSPS) is 10.8. The Morgan fingerprint density at radius 2 is 2.19 bits per heavy atom. The molecule has 0 atom stereocenters. The minimum Gasteiger partial charge on any atom is -0.274 e. The van der Waals surface area contributed by atoms with Gasteiger partial charge < -0.3 is 0 Å². The molecule has 0 amide bonds. The van der Waals surface area contributed by atoms with E-state index >= 15 is 0 Å². The molecule has 0 bridgehead atoms. The molecule has 2 heterocycles. The lowest BCUT2D eigenvalue weighted by atomic mass is 10.1. The Balaban J connectivity index is 2.41. The van der Waals surface area contributed by atoms with Gasteiger partial charge in [-0.25, -0.2) is 0 Å². The summed E-state index contributed by atoms with van der Waals surface area (Å²) in [4.78, 5) is 4.14. The number of rotatable bonds is 1. The minimum absolute atomic E-state index is 0.580. The molecule has 5 heteroatoms. The van der Waals surface area contributed by atoms with E-state index in [0.29, 0.717) is 4.77 Å². The summed E-state index contributed by atoms with van der Waals surface area (Å²) in [6, 6.07) is 8.01. The molecule has 0 spiro atoms. The van der Waals surface area contributed by atoms with E-state index in [4.69, 9.17) is 12.2 Å². The number of hydrogen-bond donors (Lipinski definition) is 1. The summed E-state index contributed by atoms with van der Waals surface area (Å²) in [5, 5.41) is 8.85. The van der Waals surface area contributed by atoms with E-state index in [-0.39, 0.29) is 0 Å². The second-order valence-corrected chi connectivity index (χ2v) is 3.79. The topological polar surface area (TPSA) is 46.5 Å². The second-order valence-electron chi connectivity index (χ2n) is 3.41. The van der Waals surface area contributed by atoms with Crippen LogP contribution in [0.4, 0.5) is 0 Å². The summed E-state index contributed by atoms with van der Waals surface area (Å²) in [6.07, 6.45) is 5.28. The van der Waals surface area contributed by atoms with Gasteiger partial charge in [0.2, 0.25) is 0 Å². The lowest BCUT2D eigenvalue weighted by molar-refractivity contribution is 1.04. The first-order chi connectivity index (χ1) is 7.86. The molecule has 0 unspecified atom stereocenters. The van der Waals surface area contributed by atoms with E-state index in [9.17, 15) is 0 Å². The van der Waals surface area contributed by atoms with Gasteiger partial charge >= 0.3 is 0 Å². The third-order valence-electron chi connectivity index (χ3n) is 2.47. The first-order valence-electron chi connectivity index (χ1n) is 4.81. The van der Waals surface area contributed by atoms with E-state index < -0.39 is 0 Å². The van der Waals surface area contributed by atoms with Crippen molar-refractivity contribution >= 4 is 23.0 Å². The van der Waals surface area contributed by atoms with Crippen LogP contribution in [0.3, 0.4) is 0 Å². The van der Waals surface area contributed by atoms with Crippen LogP contribution in [0, 0.1) is 4.77 Å². The van der Waals surface area contributed by atoms with Crippen molar-refractivity contribution in [2.45, 2.75) is 0 Å². The number of nitrogens with one attached hydrogen (secondary N) is 1. The van der Waals surface area contributed by atoms with Crippen molar-refractivity contribution < 1.29 is 0 Å². The SMILES string of the molecule is S=c1[nH]ncn1-c1cccc2ccncc12. The fourth-order valence-corrected chi connectivity index (χ4v) is 1.93. The van der Waals surface area contributed by atoms with Gasteiger partial charge in [0.1, 0.15) is 6.33 Å². The summed E-state index contributed by atoms with van der Waals surface area (Å²) < 4.78 is 2.41. The Morgan fingerprint density at radius 1 is 1.25 bits per heavy atom. The van der Waals surface area contributed by atoms with Gasteiger partial charge in [-0.05, 0) is 29.7 Å². The molecule has 3 rings (SSSR count). The van der Waals surface area contributed by atoms with Gasteiger partial charge in [-0.2, -0.15) is 5.10 Å². The van der Waals surface area contributed by atoms with Crippen molar-refractivity contribution in [3.05, 3.63) is 47.8 Å². The van der Waals surface area contributed by atoms with Crippen molar-refractivity contribution in [1.82, 2.24) is 19.7 Å². The van der Waals surface area contributed by atoms with Gasteiger partial charge in [0.15, 0.2) is 4.77 Å². The molecule has 0 aliphatic heterocycles. The zero-order chi connectivity index (χ0) is 11.0. The minimum atomic E-state index is 0.580. The molecule has 3 aromatic rings. The highest BCUT2D eigenvalue weighted by atomic mass is 32.1. The number of aromatic nitrogens is 4. The number of pyridine rings is 1.